The molecule has 0 aliphatic heterocycles. The van der Waals surface area contributed by atoms with Crippen LogP contribution in [0.5, 0.6) is 0 Å². The summed E-state index contributed by atoms with van der Waals surface area (Å²) in [6.45, 7) is 3.75. The third kappa shape index (κ3) is 6.28. The molecule has 0 bridgehead atoms. The first-order valence-corrected chi connectivity index (χ1v) is 8.15. The number of hydrogen-bond acceptors (Lipinski definition) is 2. The van der Waals surface area contributed by atoms with Crippen LogP contribution in [0.4, 0.5) is 0 Å². The Kier molecular flexibility index (Phi) is 6.88. The van der Waals surface area contributed by atoms with E-state index in [0.717, 1.165) is 37.5 Å². The van der Waals surface area contributed by atoms with Gasteiger partial charge in [0, 0.05) is 26.3 Å². The molecular weight excluding hydrogens is 308 g/mol. The molecule has 0 aliphatic rings. The molecule has 0 amide bonds. The van der Waals surface area contributed by atoms with E-state index in [1.807, 2.05) is 12.1 Å². The number of halogens is 1. The van der Waals surface area contributed by atoms with Crippen molar-refractivity contribution in [1.82, 2.24) is 15.6 Å². The molecule has 1 aromatic heterocycles. The second-order valence-corrected chi connectivity index (χ2v) is 5.79. The van der Waals surface area contributed by atoms with Crippen molar-refractivity contribution in [3.05, 3.63) is 64.4 Å². The van der Waals surface area contributed by atoms with Crippen LogP contribution < -0.4 is 10.6 Å². The van der Waals surface area contributed by atoms with Crippen molar-refractivity contribution in [3.8, 4) is 0 Å². The second kappa shape index (κ2) is 9.16. The van der Waals surface area contributed by atoms with Gasteiger partial charge in [0.15, 0.2) is 5.96 Å². The van der Waals surface area contributed by atoms with Gasteiger partial charge < -0.3 is 10.6 Å². The number of pyridine rings is 1. The lowest BCUT2D eigenvalue weighted by Crippen LogP contribution is -2.39. The van der Waals surface area contributed by atoms with Gasteiger partial charge in [-0.3, -0.25) is 4.99 Å². The molecule has 0 spiro atoms. The molecule has 2 aromatic rings. The summed E-state index contributed by atoms with van der Waals surface area (Å²) in [7, 11) is 1.78. The van der Waals surface area contributed by atoms with Gasteiger partial charge in [-0.2, -0.15) is 0 Å². The first-order chi connectivity index (χ1) is 11.2. The van der Waals surface area contributed by atoms with E-state index in [1.54, 1.807) is 13.2 Å². The highest BCUT2D eigenvalue weighted by Gasteiger charge is 1.99. The van der Waals surface area contributed by atoms with Gasteiger partial charge in [0.05, 0.1) is 0 Å². The van der Waals surface area contributed by atoms with Crippen LogP contribution in [0.15, 0.2) is 47.6 Å². The van der Waals surface area contributed by atoms with E-state index in [1.165, 1.54) is 11.1 Å². The van der Waals surface area contributed by atoms with E-state index in [0.29, 0.717) is 5.15 Å². The van der Waals surface area contributed by atoms with Crippen molar-refractivity contribution in [2.45, 2.75) is 19.8 Å². The summed E-state index contributed by atoms with van der Waals surface area (Å²) >= 11 is 5.78. The highest BCUT2D eigenvalue weighted by Crippen LogP contribution is 2.05. The van der Waals surface area contributed by atoms with Crippen LogP contribution >= 0.6 is 11.6 Å². The second-order valence-electron chi connectivity index (χ2n) is 5.40. The molecule has 0 radical (unpaired) electrons. The van der Waals surface area contributed by atoms with Gasteiger partial charge in [-0.15, -0.1) is 0 Å². The molecule has 2 rings (SSSR count). The van der Waals surface area contributed by atoms with Crippen LogP contribution in [0, 0.1) is 6.92 Å². The summed E-state index contributed by atoms with van der Waals surface area (Å²) in [4.78, 5) is 8.31. The number of aromatic nitrogens is 1. The Bertz CT molecular complexity index is 567. The number of nitrogens with zero attached hydrogens (tertiary/aromatic N) is 2. The zero-order valence-electron chi connectivity index (χ0n) is 13.6. The SMILES string of the molecule is CN=C(NCCc1ccc(C)cc1)NCCc1ccc(Cl)nc1. The summed E-state index contributed by atoms with van der Waals surface area (Å²) in [5.74, 6) is 0.819. The number of benzene rings is 1. The minimum atomic E-state index is 0.523. The van der Waals surface area contributed by atoms with Crippen molar-refractivity contribution >= 4 is 17.6 Å². The highest BCUT2D eigenvalue weighted by atomic mass is 35.5. The topological polar surface area (TPSA) is 49.3 Å². The molecule has 0 unspecified atom stereocenters. The Morgan fingerprint density at radius 1 is 1.00 bits per heavy atom. The number of guanidine groups is 1. The van der Waals surface area contributed by atoms with E-state index in [4.69, 9.17) is 11.6 Å². The predicted molar refractivity (Wildman–Crippen MR) is 97.2 cm³/mol. The normalized spacial score (nSPS) is 11.3. The Balaban J connectivity index is 1.69. The molecule has 0 saturated heterocycles. The molecule has 23 heavy (non-hydrogen) atoms. The van der Waals surface area contributed by atoms with Crippen molar-refractivity contribution in [2.75, 3.05) is 20.1 Å². The van der Waals surface area contributed by atoms with Crippen LogP contribution in [-0.4, -0.2) is 31.1 Å². The fourth-order valence-electron chi connectivity index (χ4n) is 2.18. The van der Waals surface area contributed by atoms with Crippen molar-refractivity contribution in [1.29, 1.82) is 0 Å². The van der Waals surface area contributed by atoms with E-state index >= 15 is 0 Å². The lowest BCUT2D eigenvalue weighted by Gasteiger charge is -2.12. The molecule has 2 N–H and O–H groups in total. The van der Waals surface area contributed by atoms with E-state index in [-0.39, 0.29) is 0 Å². The maximum Gasteiger partial charge on any atom is 0.190 e. The summed E-state index contributed by atoms with van der Waals surface area (Å²) in [5.41, 5.74) is 3.76. The van der Waals surface area contributed by atoms with Gasteiger partial charge >= 0.3 is 0 Å². The van der Waals surface area contributed by atoms with E-state index in [9.17, 15) is 0 Å². The highest BCUT2D eigenvalue weighted by molar-refractivity contribution is 6.29. The van der Waals surface area contributed by atoms with Gasteiger partial charge in [0.25, 0.3) is 0 Å². The molecule has 1 heterocycles. The summed E-state index contributed by atoms with van der Waals surface area (Å²) < 4.78 is 0. The van der Waals surface area contributed by atoms with Crippen LogP contribution in [0.1, 0.15) is 16.7 Å². The van der Waals surface area contributed by atoms with Gasteiger partial charge in [-0.25, -0.2) is 4.98 Å². The number of nitrogens with one attached hydrogen (secondary N) is 2. The molecule has 1 aromatic carbocycles. The monoisotopic (exact) mass is 330 g/mol. The largest absolute Gasteiger partial charge is 0.356 e. The Labute approximate surface area is 143 Å². The first kappa shape index (κ1) is 17.3. The lowest BCUT2D eigenvalue weighted by molar-refractivity contribution is 0.783. The molecule has 0 atom stereocenters. The average Bonchev–Trinajstić information content (AvgIpc) is 2.57. The Hall–Kier alpha value is -2.07. The van der Waals surface area contributed by atoms with Crippen LogP contribution in [0.2, 0.25) is 5.15 Å². The van der Waals surface area contributed by atoms with Crippen LogP contribution in [0.25, 0.3) is 0 Å². The summed E-state index contributed by atoms with van der Waals surface area (Å²) in [6.07, 6.45) is 3.66. The standard InChI is InChI=1S/C18H23ClN4/c1-14-3-5-15(6-4-14)9-11-21-18(20-2)22-12-10-16-7-8-17(19)23-13-16/h3-8,13H,9-12H2,1-2H3,(H2,20,21,22). The van der Waals surface area contributed by atoms with Crippen molar-refractivity contribution in [3.63, 3.8) is 0 Å². The molecule has 0 fully saturated rings. The maximum atomic E-state index is 5.78. The van der Waals surface area contributed by atoms with E-state index < -0.39 is 0 Å². The summed E-state index contributed by atoms with van der Waals surface area (Å²) in [5, 5.41) is 7.16. The number of aliphatic imine (C=N–C) groups is 1. The summed E-state index contributed by atoms with van der Waals surface area (Å²) in [6, 6.07) is 12.4. The molecule has 0 saturated carbocycles. The predicted octanol–water partition coefficient (Wildman–Crippen LogP) is 2.99. The first-order valence-electron chi connectivity index (χ1n) is 7.78. The van der Waals surface area contributed by atoms with Crippen LogP contribution in [0.3, 0.4) is 0 Å². The van der Waals surface area contributed by atoms with Gasteiger partial charge in [-0.1, -0.05) is 47.5 Å². The quantitative estimate of drug-likeness (QED) is 0.486. The number of aryl methyl sites for hydroxylation is 1. The van der Waals surface area contributed by atoms with Crippen LogP contribution in [-0.2, 0) is 12.8 Å². The molecule has 0 aliphatic carbocycles. The smallest absolute Gasteiger partial charge is 0.190 e. The van der Waals surface area contributed by atoms with Crippen molar-refractivity contribution < 1.29 is 0 Å². The zero-order valence-corrected chi connectivity index (χ0v) is 14.4. The van der Waals surface area contributed by atoms with Crippen molar-refractivity contribution in [2.24, 2.45) is 4.99 Å². The van der Waals surface area contributed by atoms with Gasteiger partial charge in [0.2, 0.25) is 0 Å². The molecular formula is C18H23ClN4. The average molecular weight is 331 g/mol. The van der Waals surface area contributed by atoms with Gasteiger partial charge in [-0.05, 0) is 37.0 Å². The Morgan fingerprint density at radius 2 is 1.61 bits per heavy atom. The third-order valence-electron chi connectivity index (χ3n) is 3.55. The fraction of sp³-hybridized carbons (Fsp3) is 0.333. The zero-order chi connectivity index (χ0) is 16.5. The lowest BCUT2D eigenvalue weighted by atomic mass is 10.1. The Morgan fingerprint density at radius 3 is 2.17 bits per heavy atom. The number of rotatable bonds is 6. The fourth-order valence-corrected chi connectivity index (χ4v) is 2.29. The maximum absolute atomic E-state index is 5.78. The minimum absolute atomic E-state index is 0.523. The number of hydrogen-bond donors (Lipinski definition) is 2. The van der Waals surface area contributed by atoms with Gasteiger partial charge in [0.1, 0.15) is 5.15 Å². The molecule has 5 heteroatoms. The minimum Gasteiger partial charge on any atom is -0.356 e. The van der Waals surface area contributed by atoms with E-state index in [2.05, 4.69) is 51.8 Å². The molecule has 122 valence electrons. The third-order valence-corrected chi connectivity index (χ3v) is 3.77. The molecule has 4 nitrogen and oxygen atoms in total.